The Kier molecular flexibility index (Phi) is 5.35. The fourth-order valence-corrected chi connectivity index (χ4v) is 1.43. The maximum atomic E-state index is 12.3. The zero-order valence-corrected chi connectivity index (χ0v) is 10.4. The van der Waals surface area contributed by atoms with Gasteiger partial charge in [0.25, 0.3) is 6.43 Å². The summed E-state index contributed by atoms with van der Waals surface area (Å²) in [6.45, 7) is 5.67. The van der Waals surface area contributed by atoms with Crippen LogP contribution in [0.15, 0.2) is 24.3 Å². The van der Waals surface area contributed by atoms with Gasteiger partial charge in [-0.1, -0.05) is 17.7 Å². The highest BCUT2D eigenvalue weighted by molar-refractivity contribution is 5.26. The SMILES string of the molecule is Cc1ccc(OCC(C)NC(C)C(F)F)cc1. The third kappa shape index (κ3) is 5.13. The molecule has 0 aliphatic carbocycles. The molecule has 0 heterocycles. The van der Waals surface area contributed by atoms with E-state index in [1.807, 2.05) is 38.1 Å². The highest BCUT2D eigenvalue weighted by Crippen LogP contribution is 2.11. The summed E-state index contributed by atoms with van der Waals surface area (Å²) in [5.74, 6) is 0.758. The predicted molar refractivity (Wildman–Crippen MR) is 64.7 cm³/mol. The highest BCUT2D eigenvalue weighted by atomic mass is 19.3. The van der Waals surface area contributed by atoms with Crippen molar-refractivity contribution < 1.29 is 13.5 Å². The molecule has 0 aliphatic rings. The average molecular weight is 243 g/mol. The second-order valence-corrected chi connectivity index (χ2v) is 4.31. The third-order valence-corrected chi connectivity index (χ3v) is 2.45. The smallest absolute Gasteiger partial charge is 0.253 e. The van der Waals surface area contributed by atoms with E-state index in [-0.39, 0.29) is 6.04 Å². The summed E-state index contributed by atoms with van der Waals surface area (Å²) in [4.78, 5) is 0. The first-order chi connectivity index (χ1) is 7.99. The van der Waals surface area contributed by atoms with Gasteiger partial charge >= 0.3 is 0 Å². The molecule has 4 heteroatoms. The van der Waals surface area contributed by atoms with Gasteiger partial charge in [0.1, 0.15) is 12.4 Å². The maximum absolute atomic E-state index is 12.3. The van der Waals surface area contributed by atoms with Crippen molar-refractivity contribution in [3.63, 3.8) is 0 Å². The van der Waals surface area contributed by atoms with Crippen molar-refractivity contribution >= 4 is 0 Å². The molecule has 17 heavy (non-hydrogen) atoms. The van der Waals surface area contributed by atoms with Crippen LogP contribution >= 0.6 is 0 Å². The normalized spacial score (nSPS) is 14.7. The molecule has 1 aromatic rings. The Morgan fingerprint density at radius 2 is 1.76 bits per heavy atom. The Labute approximate surface area is 101 Å². The van der Waals surface area contributed by atoms with Crippen LogP contribution in [-0.4, -0.2) is 25.1 Å². The van der Waals surface area contributed by atoms with E-state index >= 15 is 0 Å². The standard InChI is InChI=1S/C13H19F2NO/c1-9-4-6-12(7-5-9)17-8-10(2)16-11(3)13(14)15/h4-7,10-11,13,16H,8H2,1-3H3. The maximum Gasteiger partial charge on any atom is 0.253 e. The van der Waals surface area contributed by atoms with Crippen LogP contribution in [0.5, 0.6) is 5.75 Å². The number of ether oxygens (including phenoxy) is 1. The Hall–Kier alpha value is -1.16. The summed E-state index contributed by atoms with van der Waals surface area (Å²) in [5.41, 5.74) is 1.16. The number of halogens is 2. The molecule has 2 nitrogen and oxygen atoms in total. The van der Waals surface area contributed by atoms with Gasteiger partial charge in [0.2, 0.25) is 0 Å². The molecule has 0 bridgehead atoms. The summed E-state index contributed by atoms with van der Waals surface area (Å²) < 4.78 is 30.1. The Morgan fingerprint density at radius 1 is 1.18 bits per heavy atom. The van der Waals surface area contributed by atoms with E-state index in [0.29, 0.717) is 6.61 Å². The molecule has 2 atom stereocenters. The molecular weight excluding hydrogens is 224 g/mol. The van der Waals surface area contributed by atoms with Gasteiger partial charge in [-0.15, -0.1) is 0 Å². The van der Waals surface area contributed by atoms with Crippen molar-refractivity contribution in [3.8, 4) is 5.75 Å². The summed E-state index contributed by atoms with van der Waals surface area (Å²) in [7, 11) is 0. The molecule has 0 amide bonds. The van der Waals surface area contributed by atoms with Gasteiger partial charge in [-0.25, -0.2) is 8.78 Å². The largest absolute Gasteiger partial charge is 0.492 e. The molecule has 1 aromatic carbocycles. The minimum atomic E-state index is -2.35. The Balaban J connectivity index is 2.33. The molecule has 0 saturated carbocycles. The molecule has 0 aliphatic heterocycles. The van der Waals surface area contributed by atoms with E-state index < -0.39 is 12.5 Å². The Morgan fingerprint density at radius 3 is 2.29 bits per heavy atom. The van der Waals surface area contributed by atoms with Gasteiger partial charge in [0.15, 0.2) is 0 Å². The topological polar surface area (TPSA) is 21.3 Å². The molecule has 2 unspecified atom stereocenters. The fourth-order valence-electron chi connectivity index (χ4n) is 1.43. The first kappa shape index (κ1) is 13.9. The van der Waals surface area contributed by atoms with Crippen LogP contribution in [0.3, 0.4) is 0 Å². The summed E-state index contributed by atoms with van der Waals surface area (Å²) in [6.07, 6.45) is -2.35. The minimum Gasteiger partial charge on any atom is -0.492 e. The number of hydrogen-bond acceptors (Lipinski definition) is 2. The summed E-state index contributed by atoms with van der Waals surface area (Å²) in [5, 5.41) is 2.79. The number of benzene rings is 1. The van der Waals surface area contributed by atoms with Gasteiger partial charge in [0.05, 0.1) is 6.04 Å². The quantitative estimate of drug-likeness (QED) is 0.829. The lowest BCUT2D eigenvalue weighted by Crippen LogP contribution is -2.42. The van der Waals surface area contributed by atoms with E-state index in [9.17, 15) is 8.78 Å². The van der Waals surface area contributed by atoms with Crippen molar-refractivity contribution in [2.75, 3.05) is 6.61 Å². The molecule has 0 saturated heterocycles. The molecule has 0 radical (unpaired) electrons. The predicted octanol–water partition coefficient (Wildman–Crippen LogP) is 3.01. The molecule has 96 valence electrons. The van der Waals surface area contributed by atoms with Crippen LogP contribution in [0.25, 0.3) is 0 Å². The Bertz CT molecular complexity index is 327. The van der Waals surface area contributed by atoms with Crippen molar-refractivity contribution in [1.29, 1.82) is 0 Å². The monoisotopic (exact) mass is 243 g/mol. The number of nitrogens with one attached hydrogen (secondary N) is 1. The van der Waals surface area contributed by atoms with Crippen molar-refractivity contribution in [2.24, 2.45) is 0 Å². The molecule has 0 spiro atoms. The van der Waals surface area contributed by atoms with Gasteiger partial charge < -0.3 is 10.1 Å². The lowest BCUT2D eigenvalue weighted by atomic mass is 10.2. The fraction of sp³-hybridized carbons (Fsp3) is 0.538. The van der Waals surface area contributed by atoms with Crippen molar-refractivity contribution in [1.82, 2.24) is 5.32 Å². The van der Waals surface area contributed by atoms with Crippen LogP contribution in [-0.2, 0) is 0 Å². The number of hydrogen-bond donors (Lipinski definition) is 1. The third-order valence-electron chi connectivity index (χ3n) is 2.45. The number of aryl methyl sites for hydroxylation is 1. The van der Waals surface area contributed by atoms with E-state index in [4.69, 9.17) is 4.74 Å². The summed E-state index contributed by atoms with van der Waals surface area (Å²) >= 11 is 0. The van der Waals surface area contributed by atoms with Gasteiger partial charge in [-0.2, -0.15) is 0 Å². The van der Waals surface area contributed by atoms with Crippen LogP contribution < -0.4 is 10.1 Å². The van der Waals surface area contributed by atoms with E-state index in [2.05, 4.69) is 5.32 Å². The molecule has 0 aromatic heterocycles. The van der Waals surface area contributed by atoms with Crippen molar-refractivity contribution in [3.05, 3.63) is 29.8 Å². The van der Waals surface area contributed by atoms with E-state index in [0.717, 1.165) is 11.3 Å². The van der Waals surface area contributed by atoms with Gasteiger partial charge in [-0.05, 0) is 32.9 Å². The minimum absolute atomic E-state index is 0.111. The lowest BCUT2D eigenvalue weighted by molar-refractivity contribution is 0.0961. The molecule has 1 N–H and O–H groups in total. The second-order valence-electron chi connectivity index (χ2n) is 4.31. The number of rotatable bonds is 6. The molecule has 1 rings (SSSR count). The van der Waals surface area contributed by atoms with Crippen molar-refractivity contribution in [2.45, 2.75) is 39.3 Å². The molecular formula is C13H19F2NO. The van der Waals surface area contributed by atoms with Gasteiger partial charge in [-0.3, -0.25) is 0 Å². The first-order valence-corrected chi connectivity index (χ1v) is 5.72. The zero-order valence-electron chi connectivity index (χ0n) is 10.4. The van der Waals surface area contributed by atoms with Crippen LogP contribution in [0, 0.1) is 6.92 Å². The van der Waals surface area contributed by atoms with E-state index in [1.54, 1.807) is 0 Å². The second kappa shape index (κ2) is 6.55. The average Bonchev–Trinajstić information content (AvgIpc) is 2.28. The van der Waals surface area contributed by atoms with Gasteiger partial charge in [0, 0.05) is 6.04 Å². The zero-order chi connectivity index (χ0) is 12.8. The van der Waals surface area contributed by atoms with Crippen LogP contribution in [0.2, 0.25) is 0 Å². The van der Waals surface area contributed by atoms with Crippen LogP contribution in [0.1, 0.15) is 19.4 Å². The lowest BCUT2D eigenvalue weighted by Gasteiger charge is -2.19. The molecule has 0 fully saturated rings. The number of alkyl halides is 2. The first-order valence-electron chi connectivity index (χ1n) is 5.72. The highest BCUT2D eigenvalue weighted by Gasteiger charge is 2.16. The van der Waals surface area contributed by atoms with Crippen LogP contribution in [0.4, 0.5) is 8.78 Å². The van der Waals surface area contributed by atoms with E-state index in [1.165, 1.54) is 6.92 Å². The summed E-state index contributed by atoms with van der Waals surface area (Å²) in [6, 6.07) is 6.73.